The Morgan fingerprint density at radius 3 is 2.73 bits per heavy atom. The normalized spacial score (nSPS) is 9.27. The van der Waals surface area contributed by atoms with Crippen molar-refractivity contribution in [1.82, 2.24) is 0 Å². The van der Waals surface area contributed by atoms with Crippen molar-refractivity contribution in [3.8, 4) is 5.75 Å². The molecule has 0 atom stereocenters. The second kappa shape index (κ2) is 3.90. The number of benzene rings is 1. The first-order chi connectivity index (χ1) is 5.18. The van der Waals surface area contributed by atoms with E-state index < -0.39 is 0 Å². The van der Waals surface area contributed by atoms with Gasteiger partial charge in [0.1, 0.15) is 5.75 Å². The molecular weight excluding hydrogens is 203 g/mol. The Balaban J connectivity index is 2.79. The quantitative estimate of drug-likeness (QED) is 0.516. The summed E-state index contributed by atoms with van der Waals surface area (Å²) in [6, 6.07) is 6.86. The summed E-state index contributed by atoms with van der Waals surface area (Å²) >= 11 is 15.5. The maximum absolute atomic E-state index is 5.66. The van der Waals surface area contributed by atoms with Crippen LogP contribution in [-0.2, 0) is 0 Å². The molecule has 4 heteroatoms. The van der Waals surface area contributed by atoms with Gasteiger partial charge in [-0.25, -0.2) is 0 Å². The van der Waals surface area contributed by atoms with E-state index in [9.17, 15) is 0 Å². The van der Waals surface area contributed by atoms with E-state index in [2.05, 4.69) is 12.2 Å². The number of rotatable bonds is 1. The highest BCUT2D eigenvalue weighted by Crippen LogP contribution is 2.17. The van der Waals surface area contributed by atoms with E-state index in [1.54, 1.807) is 24.3 Å². The third-order valence-corrected chi connectivity index (χ3v) is 1.39. The molecule has 0 bridgehead atoms. The van der Waals surface area contributed by atoms with E-state index in [0.29, 0.717) is 10.8 Å². The zero-order valence-corrected chi connectivity index (χ0v) is 7.71. The van der Waals surface area contributed by atoms with Crippen LogP contribution in [0.5, 0.6) is 5.75 Å². The fourth-order valence-electron chi connectivity index (χ4n) is 0.623. The molecule has 0 spiro atoms. The molecule has 0 saturated heterocycles. The summed E-state index contributed by atoms with van der Waals surface area (Å²) in [7, 11) is 0. The van der Waals surface area contributed by atoms with Crippen molar-refractivity contribution in [3.05, 3.63) is 29.3 Å². The Labute approximate surface area is 79.9 Å². The molecule has 1 aromatic rings. The van der Waals surface area contributed by atoms with Crippen molar-refractivity contribution in [1.29, 1.82) is 0 Å². The topological polar surface area (TPSA) is 9.23 Å². The average Bonchev–Trinajstić information content (AvgIpc) is 1.85. The van der Waals surface area contributed by atoms with Gasteiger partial charge in [-0.2, -0.15) is 0 Å². The molecule has 1 nitrogen and oxygen atoms in total. The largest absolute Gasteiger partial charge is 0.436 e. The minimum absolute atomic E-state index is 0.0349. The maximum Gasteiger partial charge on any atom is 0.260 e. The van der Waals surface area contributed by atoms with Crippen LogP contribution in [0.25, 0.3) is 0 Å². The first-order valence-electron chi connectivity index (χ1n) is 2.81. The minimum Gasteiger partial charge on any atom is -0.436 e. The van der Waals surface area contributed by atoms with E-state index in [-0.39, 0.29) is 4.51 Å². The standard InChI is InChI=1S/C7H4Cl2OS/c8-5-2-1-3-6(4-5)10-7(9)11/h1-4H. The van der Waals surface area contributed by atoms with Gasteiger partial charge in [0.25, 0.3) is 4.51 Å². The molecule has 0 aliphatic rings. The van der Waals surface area contributed by atoms with Crippen molar-refractivity contribution in [2.24, 2.45) is 0 Å². The van der Waals surface area contributed by atoms with Gasteiger partial charge in [0, 0.05) is 5.02 Å². The van der Waals surface area contributed by atoms with E-state index in [0.717, 1.165) is 0 Å². The van der Waals surface area contributed by atoms with Gasteiger partial charge in [-0.3, -0.25) is 0 Å². The van der Waals surface area contributed by atoms with Gasteiger partial charge in [0.2, 0.25) is 0 Å². The zero-order valence-electron chi connectivity index (χ0n) is 5.38. The Bertz CT molecular complexity index is 275. The summed E-state index contributed by atoms with van der Waals surface area (Å²) in [6.07, 6.45) is 0. The van der Waals surface area contributed by atoms with E-state index in [1.807, 2.05) is 0 Å². The molecule has 0 unspecified atom stereocenters. The van der Waals surface area contributed by atoms with Crippen molar-refractivity contribution in [2.45, 2.75) is 0 Å². The Morgan fingerprint density at radius 1 is 1.45 bits per heavy atom. The van der Waals surface area contributed by atoms with Crippen LogP contribution in [0, 0.1) is 0 Å². The number of halogens is 2. The van der Waals surface area contributed by atoms with Crippen LogP contribution >= 0.6 is 35.4 Å². The van der Waals surface area contributed by atoms with E-state index in [1.165, 1.54) is 0 Å². The Hall–Kier alpha value is -0.310. The SMILES string of the molecule is S=C(Cl)Oc1cccc(Cl)c1. The van der Waals surface area contributed by atoms with Gasteiger partial charge in [-0.15, -0.1) is 0 Å². The number of hydrogen-bond donors (Lipinski definition) is 0. The lowest BCUT2D eigenvalue weighted by Crippen LogP contribution is -1.94. The van der Waals surface area contributed by atoms with E-state index in [4.69, 9.17) is 27.9 Å². The minimum atomic E-state index is -0.0349. The highest BCUT2D eigenvalue weighted by atomic mass is 35.5. The van der Waals surface area contributed by atoms with Crippen LogP contribution < -0.4 is 4.74 Å². The van der Waals surface area contributed by atoms with Gasteiger partial charge in [-0.05, 0) is 42.0 Å². The highest BCUT2D eigenvalue weighted by molar-refractivity contribution is 7.82. The fraction of sp³-hybridized carbons (Fsp3) is 0. The summed E-state index contributed by atoms with van der Waals surface area (Å²) in [5.74, 6) is 0.553. The molecule has 1 aromatic carbocycles. The van der Waals surface area contributed by atoms with Crippen molar-refractivity contribution in [2.75, 3.05) is 0 Å². The first-order valence-corrected chi connectivity index (χ1v) is 3.98. The van der Waals surface area contributed by atoms with Gasteiger partial charge in [0.05, 0.1) is 0 Å². The second-order valence-corrected chi connectivity index (χ2v) is 3.17. The Morgan fingerprint density at radius 2 is 2.18 bits per heavy atom. The summed E-state index contributed by atoms with van der Waals surface area (Å²) < 4.78 is 4.87. The van der Waals surface area contributed by atoms with Crippen LogP contribution in [-0.4, -0.2) is 4.51 Å². The molecule has 0 amide bonds. The van der Waals surface area contributed by atoms with Gasteiger partial charge >= 0.3 is 0 Å². The van der Waals surface area contributed by atoms with E-state index >= 15 is 0 Å². The van der Waals surface area contributed by atoms with Crippen molar-refractivity contribution in [3.63, 3.8) is 0 Å². The molecule has 0 fully saturated rings. The van der Waals surface area contributed by atoms with Crippen LogP contribution in [0.15, 0.2) is 24.3 Å². The van der Waals surface area contributed by atoms with Gasteiger partial charge in [-0.1, -0.05) is 17.7 Å². The zero-order chi connectivity index (χ0) is 8.27. The third kappa shape index (κ3) is 3.06. The highest BCUT2D eigenvalue weighted by Gasteiger charge is 1.95. The fourth-order valence-corrected chi connectivity index (χ4v) is 0.989. The smallest absolute Gasteiger partial charge is 0.260 e. The molecule has 1 rings (SSSR count). The molecule has 0 N–H and O–H groups in total. The number of thiocarbonyl (C=S) groups is 1. The monoisotopic (exact) mass is 206 g/mol. The number of hydrogen-bond acceptors (Lipinski definition) is 2. The summed E-state index contributed by atoms with van der Waals surface area (Å²) in [5, 5.41) is 0.593. The summed E-state index contributed by atoms with van der Waals surface area (Å²) in [5.41, 5.74) is 0. The third-order valence-electron chi connectivity index (χ3n) is 0.994. The lowest BCUT2D eigenvalue weighted by Gasteiger charge is -1.99. The average molecular weight is 207 g/mol. The molecule has 58 valence electrons. The lowest BCUT2D eigenvalue weighted by molar-refractivity contribution is 0.578. The van der Waals surface area contributed by atoms with Crippen LogP contribution in [0.4, 0.5) is 0 Å². The predicted molar refractivity (Wildman–Crippen MR) is 50.5 cm³/mol. The molecule has 0 aliphatic heterocycles. The van der Waals surface area contributed by atoms with Crippen LogP contribution in [0.3, 0.4) is 0 Å². The summed E-state index contributed by atoms with van der Waals surface area (Å²) in [4.78, 5) is 0. The second-order valence-electron chi connectivity index (χ2n) is 1.80. The van der Waals surface area contributed by atoms with Crippen molar-refractivity contribution < 1.29 is 4.74 Å². The molecule has 0 aliphatic carbocycles. The number of ether oxygens (including phenoxy) is 1. The van der Waals surface area contributed by atoms with Crippen LogP contribution in [0.2, 0.25) is 5.02 Å². The van der Waals surface area contributed by atoms with Crippen LogP contribution in [0.1, 0.15) is 0 Å². The maximum atomic E-state index is 5.66. The molecular formula is C7H4Cl2OS. The lowest BCUT2D eigenvalue weighted by atomic mass is 10.3. The van der Waals surface area contributed by atoms with Gasteiger partial charge < -0.3 is 4.74 Å². The molecule has 0 aromatic heterocycles. The molecule has 0 radical (unpaired) electrons. The van der Waals surface area contributed by atoms with Crippen molar-refractivity contribution >= 4 is 39.9 Å². The molecule has 11 heavy (non-hydrogen) atoms. The Kier molecular flexibility index (Phi) is 3.12. The first kappa shape index (κ1) is 8.78. The van der Waals surface area contributed by atoms with Gasteiger partial charge in [0.15, 0.2) is 0 Å². The predicted octanol–water partition coefficient (Wildman–Crippen LogP) is 3.24. The molecule has 0 saturated carbocycles. The molecule has 0 heterocycles. The summed E-state index contributed by atoms with van der Waals surface area (Å²) in [6.45, 7) is 0.